The average molecular weight is 479 g/mol. The lowest BCUT2D eigenvalue weighted by molar-refractivity contribution is -0.142. The maximum absolute atomic E-state index is 12.6. The number of fused-ring (bicyclic) bond motifs is 3. The van der Waals surface area contributed by atoms with Gasteiger partial charge in [-0.25, -0.2) is 9.59 Å². The fourth-order valence-electron chi connectivity index (χ4n) is 4.28. The van der Waals surface area contributed by atoms with E-state index in [2.05, 4.69) is 22.8 Å². The number of aliphatic carboxylic acids is 1. The zero-order chi connectivity index (χ0) is 24.3. The van der Waals surface area contributed by atoms with Gasteiger partial charge in [0.1, 0.15) is 6.61 Å². The monoisotopic (exact) mass is 478 g/mol. The second-order valence-corrected chi connectivity index (χ2v) is 9.84. The molecule has 1 heterocycles. The zero-order valence-electron chi connectivity index (χ0n) is 18.9. The summed E-state index contributed by atoms with van der Waals surface area (Å²) in [6, 6.07) is 18.4. The predicted octanol–water partition coefficient (Wildman–Crippen LogP) is 4.70. The number of nitrogens with one attached hydrogen (secondary N) is 2. The fraction of sp³-hybridized carbons (Fsp3) is 0.269. The van der Waals surface area contributed by atoms with Gasteiger partial charge < -0.3 is 20.5 Å². The van der Waals surface area contributed by atoms with E-state index in [1.807, 2.05) is 36.4 Å². The minimum Gasteiger partial charge on any atom is -0.479 e. The smallest absolute Gasteiger partial charge is 0.407 e. The number of carboxylic acid groups (broad SMARTS) is 1. The Morgan fingerprint density at radius 2 is 1.62 bits per heavy atom. The summed E-state index contributed by atoms with van der Waals surface area (Å²) in [6.45, 7) is 3.55. The van der Waals surface area contributed by atoms with Gasteiger partial charge in [-0.2, -0.15) is 0 Å². The van der Waals surface area contributed by atoms with Crippen LogP contribution in [-0.2, 0) is 14.3 Å². The van der Waals surface area contributed by atoms with Crippen molar-refractivity contribution in [3.05, 3.63) is 82.0 Å². The van der Waals surface area contributed by atoms with Gasteiger partial charge in [-0.05, 0) is 47.5 Å². The predicted molar refractivity (Wildman–Crippen MR) is 130 cm³/mol. The number of carbonyl (C=O) groups excluding carboxylic acids is 2. The molecule has 0 saturated heterocycles. The fourth-order valence-corrected chi connectivity index (χ4v) is 5.05. The normalized spacial score (nSPS) is 13.5. The highest BCUT2D eigenvalue weighted by molar-refractivity contribution is 7.10. The topological polar surface area (TPSA) is 105 Å². The van der Waals surface area contributed by atoms with Gasteiger partial charge in [-0.15, -0.1) is 11.3 Å². The third-order valence-corrected chi connectivity index (χ3v) is 6.70. The van der Waals surface area contributed by atoms with Crippen molar-refractivity contribution in [1.82, 2.24) is 10.6 Å². The number of carbonyl (C=O) groups is 3. The Labute approximate surface area is 201 Å². The number of amides is 2. The molecule has 3 N–H and O–H groups in total. The maximum atomic E-state index is 12.6. The van der Waals surface area contributed by atoms with Gasteiger partial charge in [-0.3, -0.25) is 4.79 Å². The Bertz CT molecular complexity index is 1160. The molecule has 1 atom stereocenters. The van der Waals surface area contributed by atoms with E-state index in [0.717, 1.165) is 22.3 Å². The van der Waals surface area contributed by atoms with Gasteiger partial charge >= 0.3 is 12.1 Å². The van der Waals surface area contributed by atoms with Crippen molar-refractivity contribution in [3.8, 4) is 11.1 Å². The van der Waals surface area contributed by atoms with E-state index >= 15 is 0 Å². The number of hydrogen-bond donors (Lipinski definition) is 3. The van der Waals surface area contributed by atoms with Crippen LogP contribution in [0.25, 0.3) is 11.1 Å². The van der Waals surface area contributed by atoms with Gasteiger partial charge in [0.15, 0.2) is 6.04 Å². The van der Waals surface area contributed by atoms with E-state index in [9.17, 15) is 19.5 Å². The van der Waals surface area contributed by atoms with Crippen LogP contribution in [0.2, 0.25) is 0 Å². The van der Waals surface area contributed by atoms with E-state index in [0.29, 0.717) is 4.88 Å². The van der Waals surface area contributed by atoms with E-state index in [1.54, 1.807) is 31.4 Å². The molecule has 0 radical (unpaired) electrons. The molecule has 1 unspecified atom stereocenters. The molecule has 4 rings (SSSR count). The molecule has 8 heteroatoms. The van der Waals surface area contributed by atoms with Gasteiger partial charge in [0.25, 0.3) is 0 Å². The van der Waals surface area contributed by atoms with Crippen LogP contribution >= 0.6 is 11.3 Å². The van der Waals surface area contributed by atoms with Crippen molar-refractivity contribution in [2.45, 2.75) is 37.8 Å². The Morgan fingerprint density at radius 3 is 2.18 bits per heavy atom. The van der Waals surface area contributed by atoms with Crippen LogP contribution in [0.1, 0.15) is 48.2 Å². The van der Waals surface area contributed by atoms with E-state index in [1.165, 1.54) is 11.3 Å². The molecule has 0 bridgehead atoms. The lowest BCUT2D eigenvalue weighted by atomic mass is 9.98. The van der Waals surface area contributed by atoms with Crippen molar-refractivity contribution < 1.29 is 24.2 Å². The molecule has 176 valence electrons. The number of benzene rings is 2. The molecule has 1 aliphatic rings. The van der Waals surface area contributed by atoms with Crippen molar-refractivity contribution in [2.75, 3.05) is 6.61 Å². The maximum Gasteiger partial charge on any atom is 0.407 e. The van der Waals surface area contributed by atoms with Crippen LogP contribution in [0, 0.1) is 0 Å². The summed E-state index contributed by atoms with van der Waals surface area (Å²) in [5, 5.41) is 16.5. The van der Waals surface area contributed by atoms with E-state index in [-0.39, 0.29) is 18.9 Å². The quantitative estimate of drug-likeness (QED) is 0.435. The molecule has 2 amide bonds. The third-order valence-electron chi connectivity index (χ3n) is 5.77. The number of alkyl carbamates (subject to hydrolysis) is 1. The highest BCUT2D eigenvalue weighted by atomic mass is 32.1. The summed E-state index contributed by atoms with van der Waals surface area (Å²) in [7, 11) is 0. The number of hydrogen-bond acceptors (Lipinski definition) is 5. The molecule has 34 heavy (non-hydrogen) atoms. The lowest BCUT2D eigenvalue weighted by Gasteiger charge is -2.26. The number of thiophene rings is 1. The lowest BCUT2D eigenvalue weighted by Crippen LogP contribution is -2.48. The summed E-state index contributed by atoms with van der Waals surface area (Å²) in [5.41, 5.74) is 3.57. The largest absolute Gasteiger partial charge is 0.479 e. The first-order valence-corrected chi connectivity index (χ1v) is 11.8. The van der Waals surface area contributed by atoms with E-state index in [4.69, 9.17) is 4.74 Å². The summed E-state index contributed by atoms with van der Waals surface area (Å²) in [4.78, 5) is 37.2. The molecular formula is C26H26N2O5S. The van der Waals surface area contributed by atoms with Crippen LogP contribution in [0.15, 0.2) is 66.0 Å². The molecule has 0 spiro atoms. The molecule has 3 aromatic rings. The van der Waals surface area contributed by atoms with Crippen LogP contribution in [0.3, 0.4) is 0 Å². The summed E-state index contributed by atoms with van der Waals surface area (Å²) in [6.07, 6.45) is -0.737. The molecule has 7 nitrogen and oxygen atoms in total. The molecular weight excluding hydrogens is 452 g/mol. The first kappa shape index (κ1) is 23.5. The molecule has 0 fully saturated rings. The molecule has 0 aliphatic heterocycles. The molecule has 1 aliphatic carbocycles. The van der Waals surface area contributed by atoms with Gasteiger partial charge in [0.2, 0.25) is 5.91 Å². The minimum atomic E-state index is -1.14. The Balaban J connectivity index is 1.35. The van der Waals surface area contributed by atoms with Gasteiger partial charge in [0.05, 0.1) is 0 Å². The van der Waals surface area contributed by atoms with Crippen LogP contribution in [0.5, 0.6) is 0 Å². The highest BCUT2D eigenvalue weighted by Gasteiger charge is 2.31. The second kappa shape index (κ2) is 9.69. The van der Waals surface area contributed by atoms with Crippen molar-refractivity contribution in [3.63, 3.8) is 0 Å². The highest BCUT2D eigenvalue weighted by Crippen LogP contribution is 2.44. The molecule has 1 aromatic heterocycles. The van der Waals surface area contributed by atoms with Crippen LogP contribution < -0.4 is 10.6 Å². The summed E-state index contributed by atoms with van der Waals surface area (Å²) < 4.78 is 5.56. The first-order chi connectivity index (χ1) is 16.2. The Morgan fingerprint density at radius 1 is 1.00 bits per heavy atom. The van der Waals surface area contributed by atoms with Gasteiger partial charge in [0, 0.05) is 22.8 Å². The first-order valence-electron chi connectivity index (χ1n) is 10.9. The summed E-state index contributed by atoms with van der Waals surface area (Å²) >= 11 is 1.25. The van der Waals surface area contributed by atoms with Crippen molar-refractivity contribution in [1.29, 1.82) is 0 Å². The Hall–Kier alpha value is -3.65. The SMILES string of the molecule is CC(C)(CC(=O)NC(C(=O)O)c1cccs1)NC(=O)OCC1c2ccccc2-c2ccccc21. The molecule has 2 aromatic carbocycles. The van der Waals surface area contributed by atoms with E-state index < -0.39 is 29.6 Å². The van der Waals surface area contributed by atoms with Crippen LogP contribution in [0.4, 0.5) is 4.79 Å². The van der Waals surface area contributed by atoms with Crippen molar-refractivity contribution >= 4 is 29.3 Å². The summed E-state index contributed by atoms with van der Waals surface area (Å²) in [5.74, 6) is -1.69. The van der Waals surface area contributed by atoms with Gasteiger partial charge in [-0.1, -0.05) is 54.6 Å². The number of carboxylic acids is 1. The zero-order valence-corrected chi connectivity index (χ0v) is 19.7. The van der Waals surface area contributed by atoms with Crippen LogP contribution in [-0.4, -0.2) is 35.2 Å². The minimum absolute atomic E-state index is 0.0633. The average Bonchev–Trinajstić information content (AvgIpc) is 3.42. The molecule has 0 saturated carbocycles. The second-order valence-electron chi connectivity index (χ2n) is 8.87. The number of ether oxygens (including phenoxy) is 1. The number of rotatable bonds is 8. The Kier molecular flexibility index (Phi) is 6.70. The standard InChI is InChI=1S/C26H26N2O5S/c1-26(2,14-22(29)27-23(24(30)31)21-12-7-13-34-21)28-25(32)33-15-20-18-10-5-3-8-16(18)17-9-4-6-11-19(17)20/h3-13,20,23H,14-15H2,1-2H3,(H,27,29)(H,28,32)(H,30,31). The van der Waals surface area contributed by atoms with Crippen molar-refractivity contribution in [2.24, 2.45) is 0 Å². The third kappa shape index (κ3) is 5.12.